The second kappa shape index (κ2) is 47.7. The van der Waals surface area contributed by atoms with Gasteiger partial charge >= 0.3 is 0 Å². The first kappa shape index (κ1) is 66.3. The highest BCUT2D eigenvalue weighted by molar-refractivity contribution is 7.99. The van der Waals surface area contributed by atoms with Crippen LogP contribution < -0.4 is 5.73 Å². The van der Waals surface area contributed by atoms with Gasteiger partial charge in [-0.1, -0.05) is 252 Å². The second-order valence-electron chi connectivity index (χ2n) is 20.3. The molecule has 68 heavy (non-hydrogen) atoms. The van der Waals surface area contributed by atoms with Crippen LogP contribution >= 0.6 is 11.8 Å². The fourth-order valence-corrected chi connectivity index (χ4v) is 10.2. The van der Waals surface area contributed by atoms with Crippen LogP contribution in [0.5, 0.6) is 0 Å². The fraction of sp³-hybridized carbons (Fsp3) is 0.912. The number of carbonyl (C=O) groups excluding carboxylic acids is 5. The van der Waals surface area contributed by atoms with E-state index in [1.807, 2.05) is 0 Å². The van der Waals surface area contributed by atoms with Gasteiger partial charge in [-0.3, -0.25) is 24.1 Å². The first-order chi connectivity index (χ1) is 33.1. The van der Waals surface area contributed by atoms with Crippen LogP contribution in [0.1, 0.15) is 290 Å². The quantitative estimate of drug-likeness (QED) is 0.0261. The smallest absolute Gasteiger partial charge is 0.248 e. The average Bonchev–Trinajstić information content (AvgIpc) is 3.34. The van der Waals surface area contributed by atoms with Crippen LogP contribution in [0.2, 0.25) is 0 Å². The molecule has 10 nitrogen and oxygen atoms in total. The normalized spacial score (nSPS) is 13.8. The molecule has 0 aromatic heterocycles. The Balaban J connectivity index is 5.91. The summed E-state index contributed by atoms with van der Waals surface area (Å²) < 4.78 is 0. The molecule has 400 valence electrons. The van der Waals surface area contributed by atoms with Gasteiger partial charge in [-0.15, -0.1) is 0 Å². The van der Waals surface area contributed by atoms with E-state index in [4.69, 9.17) is 5.73 Å². The van der Waals surface area contributed by atoms with Crippen molar-refractivity contribution in [1.29, 1.82) is 0 Å². The molecule has 0 bridgehead atoms. The van der Waals surface area contributed by atoms with Crippen molar-refractivity contribution >= 4 is 41.4 Å². The summed E-state index contributed by atoms with van der Waals surface area (Å²) in [5.41, 5.74) is 3.67. The number of amides is 2. The van der Waals surface area contributed by atoms with E-state index in [9.17, 15) is 39.3 Å². The minimum Gasteiger partial charge on any atom is -0.394 e. The first-order valence-corrected chi connectivity index (χ1v) is 29.9. The maximum absolute atomic E-state index is 14.5. The van der Waals surface area contributed by atoms with Gasteiger partial charge in [0.15, 0.2) is 23.4 Å². The van der Waals surface area contributed by atoms with Crippen LogP contribution in [-0.4, -0.2) is 91.8 Å². The zero-order valence-corrected chi connectivity index (χ0v) is 45.3. The number of nitrogens with zero attached hydrogens (tertiary/aromatic N) is 1. The average molecular weight is 982 g/mol. The van der Waals surface area contributed by atoms with Crippen molar-refractivity contribution in [2.75, 3.05) is 18.1 Å². The highest BCUT2D eigenvalue weighted by Crippen LogP contribution is 2.29. The SMILES string of the molecule is CCCCCCCCCCCCCCCC(=O)C(O)[C@](C=O)(C(=O)CCCCCCCCCCCCCCC)N(C(=O)CCCCCCCCCCCCCCC)C(=O)[C@@H](N)CSCC(O)CO. The molecule has 0 radical (unpaired) electrons. The predicted molar refractivity (Wildman–Crippen MR) is 286 cm³/mol. The molecule has 11 heteroatoms. The topological polar surface area (TPSA) is 175 Å². The maximum Gasteiger partial charge on any atom is 0.248 e. The molecule has 5 N–H and O–H groups in total. The number of hydrogen-bond acceptors (Lipinski definition) is 10. The molecule has 0 aliphatic rings. The molecule has 0 aliphatic carbocycles. The van der Waals surface area contributed by atoms with Crippen molar-refractivity contribution in [3.63, 3.8) is 0 Å². The van der Waals surface area contributed by atoms with E-state index in [0.717, 1.165) is 76.0 Å². The summed E-state index contributed by atoms with van der Waals surface area (Å²) in [6, 6.07) is -1.38. The number of aliphatic hydroxyl groups is 3. The number of nitrogens with two attached hydrogens (primary N) is 1. The second-order valence-corrected chi connectivity index (χ2v) is 21.3. The van der Waals surface area contributed by atoms with Gasteiger partial charge < -0.3 is 25.8 Å². The molecule has 0 aromatic carbocycles. The third kappa shape index (κ3) is 33.1. The number of ketones is 2. The Labute approximate surface area is 422 Å². The van der Waals surface area contributed by atoms with Crippen molar-refractivity contribution in [1.82, 2.24) is 4.90 Å². The fourth-order valence-electron chi connectivity index (χ4n) is 9.32. The van der Waals surface area contributed by atoms with Crippen molar-refractivity contribution in [2.45, 2.75) is 314 Å². The van der Waals surface area contributed by atoms with Gasteiger partial charge in [0.05, 0.1) is 18.8 Å². The number of carbonyl (C=O) groups is 5. The molecule has 2 unspecified atom stereocenters. The lowest BCUT2D eigenvalue weighted by atomic mass is 9.80. The molecule has 0 aromatic rings. The molecular formula is C57H108N2O8S. The molecule has 4 atom stereocenters. The van der Waals surface area contributed by atoms with Crippen molar-refractivity contribution in [3.8, 4) is 0 Å². The Morgan fingerprint density at radius 1 is 0.485 bits per heavy atom. The van der Waals surface area contributed by atoms with E-state index in [-0.39, 0.29) is 37.1 Å². The lowest BCUT2D eigenvalue weighted by Gasteiger charge is -2.41. The van der Waals surface area contributed by atoms with E-state index in [2.05, 4.69) is 20.8 Å². The minimum atomic E-state index is -2.73. The first-order valence-electron chi connectivity index (χ1n) is 28.8. The lowest BCUT2D eigenvalue weighted by Crippen LogP contribution is -2.70. The Morgan fingerprint density at radius 3 is 1.12 bits per heavy atom. The van der Waals surface area contributed by atoms with E-state index in [1.54, 1.807) is 0 Å². The van der Waals surface area contributed by atoms with Crippen molar-refractivity contribution < 1.29 is 39.3 Å². The highest BCUT2D eigenvalue weighted by Gasteiger charge is 2.56. The van der Waals surface area contributed by atoms with Gasteiger partial charge in [-0.05, 0) is 19.3 Å². The minimum absolute atomic E-state index is 0.0709. The van der Waals surface area contributed by atoms with Crippen molar-refractivity contribution in [3.05, 3.63) is 0 Å². The van der Waals surface area contributed by atoms with E-state index in [0.29, 0.717) is 37.0 Å². The molecule has 0 spiro atoms. The molecule has 0 rings (SSSR count). The molecule has 2 amide bonds. The number of imide groups is 1. The van der Waals surface area contributed by atoms with Gasteiger partial charge in [0.25, 0.3) is 0 Å². The number of aliphatic hydroxyl groups excluding tert-OH is 3. The third-order valence-corrected chi connectivity index (χ3v) is 15.1. The van der Waals surface area contributed by atoms with Gasteiger partial charge in [-0.25, -0.2) is 0 Å². The van der Waals surface area contributed by atoms with Crippen molar-refractivity contribution in [2.24, 2.45) is 5.73 Å². The van der Waals surface area contributed by atoms with E-state index < -0.39 is 53.8 Å². The molecule has 0 aliphatic heterocycles. The van der Waals surface area contributed by atoms with Gasteiger partial charge in [-0.2, -0.15) is 11.8 Å². The van der Waals surface area contributed by atoms with Crippen LogP contribution in [0.3, 0.4) is 0 Å². The summed E-state index contributed by atoms with van der Waals surface area (Å²) in [5.74, 6) is -3.36. The molecule has 0 fully saturated rings. The van der Waals surface area contributed by atoms with Gasteiger partial charge in [0.2, 0.25) is 11.8 Å². The molecule has 0 saturated carbocycles. The van der Waals surface area contributed by atoms with Crippen LogP contribution in [-0.2, 0) is 24.0 Å². The summed E-state index contributed by atoms with van der Waals surface area (Å²) in [6.45, 7) is 6.21. The Kier molecular flexibility index (Phi) is 46.5. The summed E-state index contributed by atoms with van der Waals surface area (Å²) in [7, 11) is 0. The summed E-state index contributed by atoms with van der Waals surface area (Å²) in [6.07, 6.45) is 39.5. The highest BCUT2D eigenvalue weighted by atomic mass is 32.2. The Bertz CT molecular complexity index is 1220. The van der Waals surface area contributed by atoms with Crippen LogP contribution in [0.4, 0.5) is 0 Å². The summed E-state index contributed by atoms with van der Waals surface area (Å²) in [4.78, 5) is 71.4. The monoisotopic (exact) mass is 981 g/mol. The van der Waals surface area contributed by atoms with E-state index in [1.165, 1.54) is 154 Å². The van der Waals surface area contributed by atoms with Gasteiger partial charge in [0, 0.05) is 30.8 Å². The maximum atomic E-state index is 14.5. The number of unbranched alkanes of at least 4 members (excludes halogenated alkanes) is 36. The number of thioether (sulfide) groups is 1. The zero-order valence-electron chi connectivity index (χ0n) is 44.4. The summed E-state index contributed by atoms with van der Waals surface area (Å²) in [5, 5.41) is 31.2. The Hall–Kier alpha value is -1.66. The summed E-state index contributed by atoms with van der Waals surface area (Å²) >= 11 is 1.09. The number of rotatable bonds is 53. The van der Waals surface area contributed by atoms with Crippen LogP contribution in [0.15, 0.2) is 0 Å². The number of hydrogen-bond donors (Lipinski definition) is 4. The lowest BCUT2D eigenvalue weighted by molar-refractivity contribution is -0.170. The van der Waals surface area contributed by atoms with E-state index >= 15 is 0 Å². The standard InChI is InChI=1S/C57H108N2O8S/c1-4-7-10-13-16-19-22-25-28-31-34-37-40-43-52(63)55(66)57(49-61,53(64)44-41-38-35-32-29-26-23-20-17-14-11-8-5-2)59(56(67)51(58)48-68-47-50(62)46-60)54(65)45-42-39-36-33-30-27-24-21-18-15-12-9-6-3/h49-51,55,60,62,66H,4-48,58H2,1-3H3/t50?,51-,55?,57-/m0/s1. The molecule has 0 heterocycles. The van der Waals surface area contributed by atoms with Crippen LogP contribution in [0, 0.1) is 0 Å². The zero-order chi connectivity index (χ0) is 50.4. The largest absolute Gasteiger partial charge is 0.394 e. The number of Topliss-reactive ketones (excluding diaryl/α,β-unsaturated/α-hetero) is 2. The third-order valence-electron chi connectivity index (χ3n) is 13.9. The van der Waals surface area contributed by atoms with Crippen LogP contribution in [0.25, 0.3) is 0 Å². The Morgan fingerprint density at radius 2 is 0.794 bits per heavy atom. The molecule has 0 saturated heterocycles. The number of aldehydes is 1. The molecular weight excluding hydrogens is 873 g/mol. The van der Waals surface area contributed by atoms with Gasteiger partial charge in [0.1, 0.15) is 6.10 Å². The predicted octanol–water partition coefficient (Wildman–Crippen LogP) is 13.6.